The number of nitrogens with zero attached hydrogens (tertiary/aromatic N) is 6. The minimum Gasteiger partial charge on any atom is -0.461 e. The van der Waals surface area contributed by atoms with Crippen LogP contribution < -0.4 is 20.7 Å². The van der Waals surface area contributed by atoms with Crippen LogP contribution in [0.5, 0.6) is 6.01 Å². The molecular formula is C35H40F2N8O2. The fourth-order valence-electron chi connectivity index (χ4n) is 7.41. The maximum absolute atomic E-state index is 16.8. The Kier molecular flexibility index (Phi) is 8.39. The van der Waals surface area contributed by atoms with Gasteiger partial charge in [-0.3, -0.25) is 14.7 Å². The number of rotatable bonds is 7. The summed E-state index contributed by atoms with van der Waals surface area (Å²) in [6, 6.07) is 9.27. The smallest absolute Gasteiger partial charge is 0.319 e. The number of anilines is 1. The molecule has 1 atom stereocenters. The van der Waals surface area contributed by atoms with Gasteiger partial charge in [0, 0.05) is 50.0 Å². The van der Waals surface area contributed by atoms with Gasteiger partial charge in [0.2, 0.25) is 5.91 Å². The zero-order chi connectivity index (χ0) is 32.7. The molecule has 0 saturated carbocycles. The van der Waals surface area contributed by atoms with E-state index in [2.05, 4.69) is 20.2 Å². The highest BCUT2D eigenvalue weighted by Gasteiger charge is 2.45. The Bertz CT molecular complexity index is 1850. The van der Waals surface area contributed by atoms with Crippen molar-refractivity contribution in [2.24, 2.45) is 5.73 Å². The van der Waals surface area contributed by atoms with Crippen molar-refractivity contribution in [2.45, 2.75) is 43.7 Å². The van der Waals surface area contributed by atoms with Crippen molar-refractivity contribution < 1.29 is 18.3 Å². The number of benzene rings is 2. The lowest BCUT2D eigenvalue weighted by molar-refractivity contribution is -0.128. The van der Waals surface area contributed by atoms with Gasteiger partial charge in [-0.15, -0.1) is 0 Å². The Morgan fingerprint density at radius 2 is 1.87 bits per heavy atom. The second-order valence-corrected chi connectivity index (χ2v) is 13.0. The lowest BCUT2D eigenvalue weighted by Crippen LogP contribution is -2.43. The van der Waals surface area contributed by atoms with Crippen molar-refractivity contribution in [2.75, 3.05) is 58.3 Å². The number of carbonyl (C=O) groups excluding carboxylic acids is 1. The van der Waals surface area contributed by atoms with Crippen LogP contribution in [0.1, 0.15) is 32.1 Å². The first-order valence-corrected chi connectivity index (χ1v) is 16.3. The Hall–Kier alpha value is -4.42. The van der Waals surface area contributed by atoms with Crippen molar-refractivity contribution in [3.05, 3.63) is 66.0 Å². The normalized spacial score (nSPS) is 19.5. The van der Waals surface area contributed by atoms with Gasteiger partial charge in [0.1, 0.15) is 35.5 Å². The molecule has 5 heterocycles. The molecule has 1 unspecified atom stereocenters. The third-order valence-corrected chi connectivity index (χ3v) is 9.76. The quantitative estimate of drug-likeness (QED) is 0.306. The summed E-state index contributed by atoms with van der Waals surface area (Å²) >= 11 is 0. The van der Waals surface area contributed by atoms with E-state index in [1.165, 1.54) is 11.0 Å². The molecule has 12 heteroatoms. The van der Waals surface area contributed by atoms with E-state index >= 15 is 8.78 Å². The first kappa shape index (κ1) is 31.2. The van der Waals surface area contributed by atoms with E-state index in [1.807, 2.05) is 4.90 Å². The maximum atomic E-state index is 16.8. The van der Waals surface area contributed by atoms with Gasteiger partial charge in [0.25, 0.3) is 0 Å². The van der Waals surface area contributed by atoms with Crippen LogP contribution in [-0.2, 0) is 4.79 Å². The maximum Gasteiger partial charge on any atom is 0.319 e. The summed E-state index contributed by atoms with van der Waals surface area (Å²) in [5, 5.41) is 4.74. The van der Waals surface area contributed by atoms with Gasteiger partial charge in [-0.25, -0.2) is 8.78 Å². The Balaban J connectivity index is 1.33. The molecule has 3 aliphatic rings. The molecule has 7 rings (SSSR count). The van der Waals surface area contributed by atoms with Gasteiger partial charge in [-0.05, 0) is 62.7 Å². The number of aromatic nitrogens is 3. The van der Waals surface area contributed by atoms with Crippen LogP contribution in [0.3, 0.4) is 0 Å². The number of pyridine rings is 1. The van der Waals surface area contributed by atoms with Gasteiger partial charge in [0.15, 0.2) is 5.82 Å². The van der Waals surface area contributed by atoms with E-state index in [1.54, 1.807) is 56.7 Å². The molecule has 3 aliphatic heterocycles. The predicted molar refractivity (Wildman–Crippen MR) is 178 cm³/mol. The number of hydrogen-bond acceptors (Lipinski definition) is 9. The summed E-state index contributed by atoms with van der Waals surface area (Å²) in [5.41, 5.74) is 7.33. The molecule has 0 spiro atoms. The van der Waals surface area contributed by atoms with Crippen molar-refractivity contribution >= 4 is 33.4 Å². The van der Waals surface area contributed by atoms with Crippen LogP contribution >= 0.6 is 0 Å². The van der Waals surface area contributed by atoms with Crippen LogP contribution in [0.4, 0.5) is 14.6 Å². The summed E-state index contributed by atoms with van der Waals surface area (Å²) < 4.78 is 38.2. The fraction of sp³-hybridized carbons (Fsp3) is 0.429. The minimum absolute atomic E-state index is 0.00597. The van der Waals surface area contributed by atoms with E-state index in [0.717, 1.165) is 50.9 Å². The van der Waals surface area contributed by atoms with E-state index < -0.39 is 17.7 Å². The topological polar surface area (TPSA) is 113 Å². The molecule has 2 aromatic heterocycles. The molecule has 0 aliphatic carbocycles. The van der Waals surface area contributed by atoms with Crippen molar-refractivity contribution in [3.63, 3.8) is 0 Å². The molecule has 47 heavy (non-hydrogen) atoms. The average Bonchev–Trinajstić information content (AvgIpc) is 3.57. The third kappa shape index (κ3) is 5.84. The third-order valence-electron chi connectivity index (χ3n) is 9.76. The number of hydrogen-bond donors (Lipinski definition) is 2. The highest BCUT2D eigenvalue weighted by atomic mass is 19.1. The van der Waals surface area contributed by atoms with Crippen LogP contribution in [0.2, 0.25) is 0 Å². The standard InChI is InChI=1S/C35H40F2N8O2/c1-43(2)33(46)27(38)18-23-20-44(15-7-14-39-23)32-25-19-40-30(24-10-3-8-22-9-4-11-26(36)28(22)24)29(37)31(25)41-34(42-32)47-21-35-12-5-16-45(35)17-6-13-35/h3-4,8-11,18-19,27,39H,5-7,12-17,20-21,38H2,1-2H3/b23-18-. The van der Waals surface area contributed by atoms with Gasteiger partial charge in [0.05, 0.1) is 17.5 Å². The van der Waals surface area contributed by atoms with Crippen LogP contribution in [0.25, 0.3) is 32.9 Å². The number of amides is 1. The summed E-state index contributed by atoms with van der Waals surface area (Å²) in [7, 11) is 3.33. The highest BCUT2D eigenvalue weighted by molar-refractivity contribution is 5.99. The first-order valence-electron chi connectivity index (χ1n) is 16.3. The number of carbonyl (C=O) groups is 1. The zero-order valence-corrected chi connectivity index (χ0v) is 26.8. The molecule has 246 valence electrons. The molecule has 1 amide bonds. The van der Waals surface area contributed by atoms with E-state index in [4.69, 9.17) is 15.5 Å². The van der Waals surface area contributed by atoms with Gasteiger partial charge in [-0.1, -0.05) is 30.3 Å². The summed E-state index contributed by atoms with van der Waals surface area (Å²) in [6.45, 7) is 4.14. The van der Waals surface area contributed by atoms with Crippen molar-refractivity contribution in [3.8, 4) is 17.3 Å². The average molecular weight is 643 g/mol. The fourth-order valence-corrected chi connectivity index (χ4v) is 7.41. The predicted octanol–water partition coefficient (Wildman–Crippen LogP) is 4.23. The highest BCUT2D eigenvalue weighted by Crippen LogP contribution is 2.40. The van der Waals surface area contributed by atoms with Crippen LogP contribution in [0, 0.1) is 11.6 Å². The summed E-state index contributed by atoms with van der Waals surface area (Å²) in [6.07, 6.45) is 8.36. The number of halogens is 2. The van der Waals surface area contributed by atoms with Crippen LogP contribution in [-0.4, -0.2) is 95.7 Å². The molecule has 3 saturated heterocycles. The number of likely N-dealkylation sites (N-methyl/N-ethyl adjacent to an activating group) is 1. The molecule has 3 fully saturated rings. The van der Waals surface area contributed by atoms with E-state index in [-0.39, 0.29) is 28.7 Å². The Morgan fingerprint density at radius 3 is 2.64 bits per heavy atom. The zero-order valence-electron chi connectivity index (χ0n) is 26.8. The second-order valence-electron chi connectivity index (χ2n) is 13.0. The van der Waals surface area contributed by atoms with Gasteiger partial charge in [-0.2, -0.15) is 9.97 Å². The Morgan fingerprint density at radius 1 is 1.11 bits per heavy atom. The minimum atomic E-state index is -0.823. The van der Waals surface area contributed by atoms with Crippen molar-refractivity contribution in [1.82, 2.24) is 30.1 Å². The molecule has 4 aromatic rings. The SMILES string of the molecule is CN(C)C(=O)C(N)/C=C1/CN(c2nc(OCC34CCCN3CCC4)nc3c(F)c(-c4cccc5cccc(F)c45)ncc23)CCCN1. The number of nitrogens with one attached hydrogen (secondary N) is 1. The molecule has 2 aromatic carbocycles. The number of ether oxygens (including phenoxy) is 1. The van der Waals surface area contributed by atoms with Crippen molar-refractivity contribution in [1.29, 1.82) is 0 Å². The first-order chi connectivity index (χ1) is 22.7. The molecule has 0 radical (unpaired) electrons. The Labute approximate surface area is 272 Å². The number of nitrogens with two attached hydrogens (primary N) is 1. The molecule has 0 bridgehead atoms. The summed E-state index contributed by atoms with van der Waals surface area (Å²) in [5.74, 6) is -0.864. The molecule has 10 nitrogen and oxygen atoms in total. The van der Waals surface area contributed by atoms with Crippen LogP contribution in [0.15, 0.2) is 54.4 Å². The van der Waals surface area contributed by atoms with Gasteiger partial charge < -0.3 is 25.6 Å². The molecular weight excluding hydrogens is 602 g/mol. The summed E-state index contributed by atoms with van der Waals surface area (Å²) in [4.78, 5) is 32.5. The lowest BCUT2D eigenvalue weighted by Gasteiger charge is -2.31. The number of fused-ring (bicyclic) bond motifs is 3. The largest absolute Gasteiger partial charge is 0.461 e. The van der Waals surface area contributed by atoms with Gasteiger partial charge >= 0.3 is 6.01 Å². The molecule has 3 N–H and O–H groups in total. The van der Waals surface area contributed by atoms with E-state index in [9.17, 15) is 4.79 Å². The second kappa shape index (κ2) is 12.6. The lowest BCUT2D eigenvalue weighted by atomic mass is 9.95. The van der Waals surface area contributed by atoms with E-state index in [0.29, 0.717) is 53.8 Å². The monoisotopic (exact) mass is 642 g/mol.